The lowest BCUT2D eigenvalue weighted by atomic mass is 10.0. The molecule has 3 heteroatoms. The molecule has 0 saturated heterocycles. The molecule has 0 saturated carbocycles. The predicted octanol–water partition coefficient (Wildman–Crippen LogP) is 3.01. The summed E-state index contributed by atoms with van der Waals surface area (Å²) in [6, 6.07) is 0.575. The minimum atomic E-state index is 0.575. The fourth-order valence-electron chi connectivity index (χ4n) is 2.42. The van der Waals surface area contributed by atoms with E-state index in [1.165, 1.54) is 38.0 Å². The molecule has 0 amide bonds. The minimum absolute atomic E-state index is 0.575. The highest BCUT2D eigenvalue weighted by Crippen LogP contribution is 2.28. The van der Waals surface area contributed by atoms with Gasteiger partial charge in [-0.25, -0.2) is 0 Å². The lowest BCUT2D eigenvalue weighted by Crippen LogP contribution is -2.31. The first-order chi connectivity index (χ1) is 8.20. The Kier molecular flexibility index (Phi) is 4.60. The molecular formula is C14H24N2S. The Balaban J connectivity index is 2.00. The Morgan fingerprint density at radius 2 is 2.29 bits per heavy atom. The van der Waals surface area contributed by atoms with Gasteiger partial charge < -0.3 is 5.32 Å². The van der Waals surface area contributed by atoms with Crippen LogP contribution >= 0.6 is 11.3 Å². The van der Waals surface area contributed by atoms with Gasteiger partial charge in [0.05, 0.1) is 0 Å². The van der Waals surface area contributed by atoms with Gasteiger partial charge in [0.25, 0.3) is 0 Å². The maximum absolute atomic E-state index is 3.53. The van der Waals surface area contributed by atoms with E-state index in [2.05, 4.69) is 36.4 Å². The Morgan fingerprint density at radius 3 is 3.00 bits per heavy atom. The summed E-state index contributed by atoms with van der Waals surface area (Å²) in [4.78, 5) is 4.18. The van der Waals surface area contributed by atoms with E-state index in [0.717, 1.165) is 6.54 Å². The van der Waals surface area contributed by atoms with Crippen molar-refractivity contribution in [1.29, 1.82) is 0 Å². The van der Waals surface area contributed by atoms with Crippen LogP contribution in [0, 0.1) is 0 Å². The molecule has 0 spiro atoms. The molecule has 1 aliphatic rings. The van der Waals surface area contributed by atoms with Crippen molar-refractivity contribution in [3.8, 4) is 0 Å². The van der Waals surface area contributed by atoms with E-state index in [1.54, 1.807) is 10.4 Å². The van der Waals surface area contributed by atoms with Crippen LogP contribution in [-0.2, 0) is 19.5 Å². The molecule has 96 valence electrons. The molecule has 1 aromatic heterocycles. The molecule has 0 atom stereocenters. The Bertz CT molecular complexity index is 357. The third kappa shape index (κ3) is 3.30. The van der Waals surface area contributed by atoms with Crippen molar-refractivity contribution in [2.75, 3.05) is 13.1 Å². The normalized spacial score (nSPS) is 16.5. The summed E-state index contributed by atoms with van der Waals surface area (Å²) < 4.78 is 0. The third-order valence-electron chi connectivity index (χ3n) is 3.35. The van der Waals surface area contributed by atoms with E-state index in [1.807, 2.05) is 11.3 Å². The van der Waals surface area contributed by atoms with Gasteiger partial charge in [-0.1, -0.05) is 20.8 Å². The highest BCUT2D eigenvalue weighted by Gasteiger charge is 2.19. The van der Waals surface area contributed by atoms with Gasteiger partial charge in [0.15, 0.2) is 0 Å². The number of hydrogen-bond donors (Lipinski definition) is 1. The van der Waals surface area contributed by atoms with Crippen molar-refractivity contribution in [1.82, 2.24) is 10.2 Å². The zero-order valence-corrected chi connectivity index (χ0v) is 12.1. The molecule has 2 heterocycles. The fraction of sp³-hybridized carbons (Fsp3) is 0.714. The Morgan fingerprint density at radius 1 is 1.47 bits per heavy atom. The van der Waals surface area contributed by atoms with E-state index >= 15 is 0 Å². The van der Waals surface area contributed by atoms with Gasteiger partial charge in [0.1, 0.15) is 0 Å². The molecule has 2 nitrogen and oxygen atoms in total. The lowest BCUT2D eigenvalue weighted by Gasteiger charge is -2.26. The average Bonchev–Trinajstić information content (AvgIpc) is 2.69. The average molecular weight is 252 g/mol. The minimum Gasteiger partial charge on any atom is -0.310 e. The Labute approximate surface area is 109 Å². The first kappa shape index (κ1) is 13.1. The van der Waals surface area contributed by atoms with E-state index in [9.17, 15) is 0 Å². The number of nitrogens with one attached hydrogen (secondary N) is 1. The second kappa shape index (κ2) is 5.98. The summed E-state index contributed by atoms with van der Waals surface area (Å²) in [5, 5.41) is 5.88. The molecular weight excluding hydrogens is 228 g/mol. The molecule has 0 aromatic carbocycles. The number of thiophene rings is 1. The van der Waals surface area contributed by atoms with E-state index in [-0.39, 0.29) is 0 Å². The highest BCUT2D eigenvalue weighted by molar-refractivity contribution is 7.10. The van der Waals surface area contributed by atoms with Gasteiger partial charge in [-0.15, -0.1) is 11.3 Å². The van der Waals surface area contributed by atoms with Crippen LogP contribution in [0.5, 0.6) is 0 Å². The van der Waals surface area contributed by atoms with E-state index in [0.29, 0.717) is 6.04 Å². The van der Waals surface area contributed by atoms with Crippen molar-refractivity contribution in [3.05, 3.63) is 21.4 Å². The van der Waals surface area contributed by atoms with Crippen LogP contribution in [0.1, 0.15) is 43.2 Å². The summed E-state index contributed by atoms with van der Waals surface area (Å²) in [7, 11) is 0. The van der Waals surface area contributed by atoms with Crippen LogP contribution < -0.4 is 5.32 Å². The smallest absolute Gasteiger partial charge is 0.0330 e. The first-order valence-corrected chi connectivity index (χ1v) is 7.62. The SMILES string of the molecule is CCCN1CCc2c(CNC(C)C)csc2C1. The van der Waals surface area contributed by atoms with Crippen LogP contribution in [0.4, 0.5) is 0 Å². The summed E-state index contributed by atoms with van der Waals surface area (Å²) in [6.07, 6.45) is 2.51. The molecule has 0 fully saturated rings. The fourth-order valence-corrected chi connectivity index (χ4v) is 3.56. The topological polar surface area (TPSA) is 15.3 Å². The number of hydrogen-bond acceptors (Lipinski definition) is 3. The zero-order valence-electron chi connectivity index (χ0n) is 11.3. The molecule has 0 bridgehead atoms. The van der Waals surface area contributed by atoms with Gasteiger partial charge in [-0.2, -0.15) is 0 Å². The summed E-state index contributed by atoms with van der Waals surface area (Å²) >= 11 is 1.95. The predicted molar refractivity (Wildman–Crippen MR) is 75.6 cm³/mol. The maximum Gasteiger partial charge on any atom is 0.0330 e. The molecule has 17 heavy (non-hydrogen) atoms. The van der Waals surface area contributed by atoms with Gasteiger partial charge in [0.2, 0.25) is 0 Å². The van der Waals surface area contributed by atoms with Crippen molar-refractivity contribution in [3.63, 3.8) is 0 Å². The monoisotopic (exact) mass is 252 g/mol. The quantitative estimate of drug-likeness (QED) is 0.866. The van der Waals surface area contributed by atoms with Crippen LogP contribution in [0.15, 0.2) is 5.38 Å². The van der Waals surface area contributed by atoms with Gasteiger partial charge in [-0.3, -0.25) is 4.90 Å². The van der Waals surface area contributed by atoms with E-state index in [4.69, 9.17) is 0 Å². The molecule has 1 aromatic rings. The standard InChI is InChI=1S/C14H24N2S/c1-4-6-16-7-5-13-12(8-15-11(2)3)10-17-14(13)9-16/h10-11,15H,4-9H2,1-3H3. The number of nitrogens with zero attached hydrogens (tertiary/aromatic N) is 1. The van der Waals surface area contributed by atoms with Crippen LogP contribution in [0.25, 0.3) is 0 Å². The second-order valence-corrected chi connectivity index (χ2v) is 6.19. The molecule has 0 radical (unpaired) electrons. The van der Waals surface area contributed by atoms with Crippen LogP contribution in [0.2, 0.25) is 0 Å². The van der Waals surface area contributed by atoms with Gasteiger partial charge in [0, 0.05) is 30.6 Å². The number of fused-ring (bicyclic) bond motifs is 1. The van der Waals surface area contributed by atoms with Crippen molar-refractivity contribution in [2.24, 2.45) is 0 Å². The molecule has 1 aliphatic heterocycles. The van der Waals surface area contributed by atoms with Crippen LogP contribution in [-0.4, -0.2) is 24.0 Å². The third-order valence-corrected chi connectivity index (χ3v) is 4.42. The maximum atomic E-state index is 3.53. The molecule has 0 aliphatic carbocycles. The molecule has 1 N–H and O–H groups in total. The highest BCUT2D eigenvalue weighted by atomic mass is 32.1. The number of rotatable bonds is 5. The first-order valence-electron chi connectivity index (χ1n) is 6.74. The van der Waals surface area contributed by atoms with Gasteiger partial charge >= 0.3 is 0 Å². The lowest BCUT2D eigenvalue weighted by molar-refractivity contribution is 0.257. The van der Waals surface area contributed by atoms with Crippen LogP contribution in [0.3, 0.4) is 0 Å². The second-order valence-electron chi connectivity index (χ2n) is 5.22. The largest absolute Gasteiger partial charge is 0.310 e. The Hall–Kier alpha value is -0.380. The van der Waals surface area contributed by atoms with Crippen molar-refractivity contribution < 1.29 is 0 Å². The summed E-state index contributed by atoms with van der Waals surface area (Å²) in [5.74, 6) is 0. The van der Waals surface area contributed by atoms with Crippen molar-refractivity contribution >= 4 is 11.3 Å². The molecule has 0 unspecified atom stereocenters. The summed E-state index contributed by atoms with van der Waals surface area (Å²) in [6.45, 7) is 11.4. The van der Waals surface area contributed by atoms with Gasteiger partial charge in [-0.05, 0) is 35.9 Å². The van der Waals surface area contributed by atoms with E-state index < -0.39 is 0 Å². The van der Waals surface area contributed by atoms with Crippen molar-refractivity contribution in [2.45, 2.75) is 52.7 Å². The zero-order chi connectivity index (χ0) is 12.3. The molecule has 2 rings (SSSR count). The summed E-state index contributed by atoms with van der Waals surface area (Å²) in [5.41, 5.74) is 3.17.